The van der Waals surface area contributed by atoms with Gasteiger partial charge in [0.15, 0.2) is 0 Å². The van der Waals surface area contributed by atoms with Crippen LogP contribution in [0.15, 0.2) is 107 Å². The predicted molar refractivity (Wildman–Crippen MR) is 147 cm³/mol. The van der Waals surface area contributed by atoms with Crippen molar-refractivity contribution < 1.29 is 19.7 Å². The lowest BCUT2D eigenvalue weighted by molar-refractivity contribution is -0.394. The van der Waals surface area contributed by atoms with Crippen LogP contribution in [0.25, 0.3) is 0 Å². The Labute approximate surface area is 225 Å². The van der Waals surface area contributed by atoms with Gasteiger partial charge in [-0.2, -0.15) is 0 Å². The molecule has 0 aliphatic carbocycles. The standard InChI is InChI=1S/2C13H9N3O4/c2*17-15(18)12-7-6-10(13(8-12)16(19)20)9-14-11-4-2-1-3-5-11/h2*1-9H. The highest BCUT2D eigenvalue weighted by atomic mass is 16.6. The molecule has 0 aromatic heterocycles. The lowest BCUT2D eigenvalue weighted by Gasteiger charge is -1.98. The zero-order valence-electron chi connectivity index (χ0n) is 20.3. The van der Waals surface area contributed by atoms with Gasteiger partial charge in [0.1, 0.15) is 0 Å². The maximum Gasteiger partial charge on any atom is 0.285 e. The van der Waals surface area contributed by atoms with Crippen LogP contribution in [0.3, 0.4) is 0 Å². The van der Waals surface area contributed by atoms with E-state index in [0.717, 1.165) is 12.1 Å². The van der Waals surface area contributed by atoms with E-state index in [-0.39, 0.29) is 33.9 Å². The Kier molecular flexibility index (Phi) is 9.50. The first kappa shape index (κ1) is 28.4. The number of nitrogens with zero attached hydrogens (tertiary/aromatic N) is 6. The number of nitro benzene ring substituents is 4. The molecule has 14 heteroatoms. The average Bonchev–Trinajstić information content (AvgIpc) is 2.96. The number of hydrogen-bond donors (Lipinski definition) is 0. The van der Waals surface area contributed by atoms with Gasteiger partial charge in [0.05, 0.1) is 54.3 Å². The van der Waals surface area contributed by atoms with Crippen molar-refractivity contribution in [3.05, 3.63) is 149 Å². The van der Waals surface area contributed by atoms with Crippen LogP contribution in [-0.4, -0.2) is 32.1 Å². The van der Waals surface area contributed by atoms with Gasteiger partial charge in [-0.25, -0.2) is 0 Å². The zero-order valence-corrected chi connectivity index (χ0v) is 20.3. The van der Waals surface area contributed by atoms with Crippen molar-refractivity contribution >= 4 is 46.6 Å². The first-order valence-corrected chi connectivity index (χ1v) is 11.2. The SMILES string of the molecule is O=[N+]([O-])c1ccc(C=Nc2ccccc2)c([N+](=O)[O-])c1.O=[N+]([O-])c1ccc(C=Nc2ccccc2)c([N+](=O)[O-])c1. The van der Waals surface area contributed by atoms with Crippen molar-refractivity contribution in [1.82, 2.24) is 0 Å². The second-order valence-corrected chi connectivity index (χ2v) is 7.70. The molecule has 40 heavy (non-hydrogen) atoms. The third-order valence-electron chi connectivity index (χ3n) is 5.06. The second-order valence-electron chi connectivity index (χ2n) is 7.70. The first-order valence-electron chi connectivity index (χ1n) is 11.2. The molecule has 0 saturated heterocycles. The number of hydrogen-bond acceptors (Lipinski definition) is 10. The van der Waals surface area contributed by atoms with E-state index in [9.17, 15) is 40.5 Å². The Morgan fingerprint density at radius 1 is 0.475 bits per heavy atom. The van der Waals surface area contributed by atoms with Crippen LogP contribution < -0.4 is 0 Å². The van der Waals surface area contributed by atoms with E-state index in [2.05, 4.69) is 9.98 Å². The highest BCUT2D eigenvalue weighted by molar-refractivity contribution is 5.88. The van der Waals surface area contributed by atoms with Gasteiger partial charge in [0, 0.05) is 24.6 Å². The van der Waals surface area contributed by atoms with Crippen LogP contribution in [0, 0.1) is 40.5 Å². The van der Waals surface area contributed by atoms with E-state index in [1.165, 1.54) is 36.7 Å². The van der Waals surface area contributed by atoms with Crippen LogP contribution in [0.1, 0.15) is 11.1 Å². The van der Waals surface area contributed by atoms with Gasteiger partial charge in [-0.05, 0) is 36.4 Å². The number of nitro groups is 4. The van der Waals surface area contributed by atoms with Crippen molar-refractivity contribution in [2.45, 2.75) is 0 Å². The molecule has 0 atom stereocenters. The minimum Gasteiger partial charge on any atom is -0.258 e. The molecule has 0 fully saturated rings. The van der Waals surface area contributed by atoms with Gasteiger partial charge < -0.3 is 0 Å². The number of para-hydroxylation sites is 2. The quantitative estimate of drug-likeness (QED) is 0.136. The number of non-ortho nitro benzene ring substituents is 2. The Bertz CT molecular complexity index is 1490. The number of aliphatic imine (C=N–C) groups is 2. The second kappa shape index (κ2) is 13.4. The van der Waals surface area contributed by atoms with Crippen molar-refractivity contribution in [1.29, 1.82) is 0 Å². The molecule has 4 aromatic carbocycles. The largest absolute Gasteiger partial charge is 0.285 e. The summed E-state index contributed by atoms with van der Waals surface area (Å²) in [4.78, 5) is 48.6. The smallest absolute Gasteiger partial charge is 0.258 e. The molecule has 0 spiro atoms. The summed E-state index contributed by atoms with van der Waals surface area (Å²) in [5, 5.41) is 43.1. The van der Waals surface area contributed by atoms with Crippen molar-refractivity contribution in [3.8, 4) is 0 Å². The summed E-state index contributed by atoms with van der Waals surface area (Å²) in [6.07, 6.45) is 2.63. The van der Waals surface area contributed by atoms with Gasteiger partial charge in [-0.15, -0.1) is 0 Å². The summed E-state index contributed by atoms with van der Waals surface area (Å²) in [5.41, 5.74) is 0.356. The molecule has 0 aliphatic heterocycles. The van der Waals surface area contributed by atoms with Crippen molar-refractivity contribution in [2.75, 3.05) is 0 Å². The Morgan fingerprint density at radius 2 is 0.825 bits per heavy atom. The van der Waals surface area contributed by atoms with Gasteiger partial charge in [0.2, 0.25) is 0 Å². The molecule has 0 N–H and O–H groups in total. The summed E-state index contributed by atoms with van der Waals surface area (Å²) >= 11 is 0. The van der Waals surface area contributed by atoms with E-state index in [1.54, 1.807) is 48.5 Å². The Balaban J connectivity index is 0.000000220. The van der Waals surface area contributed by atoms with Crippen LogP contribution in [0.4, 0.5) is 34.1 Å². The fourth-order valence-corrected chi connectivity index (χ4v) is 3.14. The molecule has 4 rings (SSSR count). The lowest BCUT2D eigenvalue weighted by Crippen LogP contribution is -1.97. The van der Waals surface area contributed by atoms with Crippen LogP contribution in [0.2, 0.25) is 0 Å². The van der Waals surface area contributed by atoms with Gasteiger partial charge in [0.25, 0.3) is 22.7 Å². The van der Waals surface area contributed by atoms with Crippen molar-refractivity contribution in [3.63, 3.8) is 0 Å². The molecule has 0 aliphatic rings. The molecule has 0 saturated carbocycles. The lowest BCUT2D eigenvalue weighted by atomic mass is 10.2. The molecule has 4 aromatic rings. The third kappa shape index (κ3) is 7.91. The Morgan fingerprint density at radius 3 is 1.12 bits per heavy atom. The maximum atomic E-state index is 10.9. The number of rotatable bonds is 8. The molecule has 200 valence electrons. The summed E-state index contributed by atoms with van der Waals surface area (Å²) in [6, 6.07) is 24.7. The Hall–Kier alpha value is -6.18. The third-order valence-corrected chi connectivity index (χ3v) is 5.06. The van der Waals surface area contributed by atoms with Gasteiger partial charge in [-0.1, -0.05) is 36.4 Å². The fourth-order valence-electron chi connectivity index (χ4n) is 3.14. The minimum atomic E-state index is -0.675. The molecule has 0 heterocycles. The monoisotopic (exact) mass is 542 g/mol. The van der Waals surface area contributed by atoms with Crippen LogP contribution >= 0.6 is 0 Å². The van der Waals surface area contributed by atoms with E-state index >= 15 is 0 Å². The van der Waals surface area contributed by atoms with Crippen molar-refractivity contribution in [2.24, 2.45) is 9.98 Å². The molecular weight excluding hydrogens is 524 g/mol. The molecular formula is C26H18N6O8. The van der Waals surface area contributed by atoms with Gasteiger partial charge in [-0.3, -0.25) is 50.4 Å². The van der Waals surface area contributed by atoms with Gasteiger partial charge >= 0.3 is 0 Å². The summed E-state index contributed by atoms with van der Waals surface area (Å²) in [6.45, 7) is 0. The van der Waals surface area contributed by atoms with E-state index in [4.69, 9.17) is 0 Å². The van der Waals surface area contributed by atoms with Crippen LogP contribution in [-0.2, 0) is 0 Å². The van der Waals surface area contributed by atoms with E-state index < -0.39 is 19.7 Å². The fraction of sp³-hybridized carbons (Fsp3) is 0. The highest BCUT2D eigenvalue weighted by Gasteiger charge is 2.19. The maximum absolute atomic E-state index is 10.9. The average molecular weight is 542 g/mol. The molecule has 0 amide bonds. The summed E-state index contributed by atoms with van der Waals surface area (Å²) < 4.78 is 0. The summed E-state index contributed by atoms with van der Waals surface area (Å²) in [5.74, 6) is 0. The normalized spacial score (nSPS) is 10.6. The molecule has 0 bridgehead atoms. The molecule has 0 unspecified atom stereocenters. The van der Waals surface area contributed by atoms with E-state index in [1.807, 2.05) is 12.1 Å². The topological polar surface area (TPSA) is 197 Å². The predicted octanol–water partition coefficient (Wildman–Crippen LogP) is 6.51. The molecule has 14 nitrogen and oxygen atoms in total. The highest BCUT2D eigenvalue weighted by Crippen LogP contribution is 2.25. The molecule has 0 radical (unpaired) electrons. The zero-order chi connectivity index (χ0) is 29.1. The van der Waals surface area contributed by atoms with Crippen LogP contribution in [0.5, 0.6) is 0 Å². The van der Waals surface area contributed by atoms with E-state index in [0.29, 0.717) is 11.4 Å². The first-order chi connectivity index (χ1) is 19.2. The minimum absolute atomic E-state index is 0.212. The number of benzene rings is 4. The summed E-state index contributed by atoms with van der Waals surface area (Å²) in [7, 11) is 0.